The number of esters is 2. The zero-order valence-corrected chi connectivity index (χ0v) is 40.0. The molecular weight excluding hydrogens is 954 g/mol. The van der Waals surface area contributed by atoms with Crippen LogP contribution in [0.2, 0.25) is 0 Å². The normalized spacial score (nSPS) is 15.0. The molecule has 9 N–H and O–H groups in total. The fourth-order valence-electron chi connectivity index (χ4n) is 6.47. The third-order valence-corrected chi connectivity index (χ3v) is 9.31. The van der Waals surface area contributed by atoms with Gasteiger partial charge < -0.3 is 55.4 Å². The molecule has 0 aromatic heterocycles. The molecule has 0 bridgehead atoms. The molecule has 0 amide bonds. The minimum atomic E-state index is -1.47. The van der Waals surface area contributed by atoms with Crippen LogP contribution < -0.4 is 0 Å². The van der Waals surface area contributed by atoms with Crippen molar-refractivity contribution < 1.29 is 108 Å². The molecule has 0 spiro atoms. The summed E-state index contributed by atoms with van der Waals surface area (Å²) >= 11 is 0. The maximum atomic E-state index is 12.2. The number of hydrogen-bond donors (Lipinski definition) is 9. The Labute approximate surface area is 413 Å². The standard InChI is InChI=1S/C20H34N4O10.C16H25N3O12.2C2H6.2CH4/c1-34-20(33)3-2-15-10-23(13-18(29)30)7-6-21(11-16(25)26)4-5-22(12-17(27)28)8-9-24(15)14-19(31)32;1-31-16(30)10(19(8-14(26)27)9-15(28)29)4-17(5-11(20)21)2-3-18(6-12(22)23)7-13(24)25;2*1-2;;/h15H,2-14H2,1H3,(H,25,26)(H,27,28)(H,29,30)(H,31,32);10H,2-9H2,1H3,(H,20,21)(H,22,23)(H,24,25)(H,26,27)(H,28,29);2*1-2H3;2*1H4. The number of carboxylic acids is 9. The quantitative estimate of drug-likeness (QED) is 0.0385. The SMILES string of the molecule is C.C.CC.CC.COC(=O)C(CN(CCN(CC(=O)O)CC(=O)O)CC(=O)O)N(CC(=O)O)CC(=O)O.COC(=O)CCC1CN(CC(=O)O)CCN(CC(=O)O)CCN(CC(=O)O)CCN1CC(=O)O. The first-order valence-corrected chi connectivity index (χ1v) is 21.6. The molecular formula is C42H79N7O22. The monoisotopic (exact) mass is 1030 g/mol. The molecule has 0 saturated carbocycles. The highest BCUT2D eigenvalue weighted by molar-refractivity contribution is 5.80. The van der Waals surface area contributed by atoms with E-state index in [-0.39, 0.29) is 113 Å². The first-order chi connectivity index (χ1) is 32.3. The Hall–Kier alpha value is -6.11. The average molecular weight is 1030 g/mol. The first kappa shape index (κ1) is 73.8. The largest absolute Gasteiger partial charge is 0.480 e. The number of nitrogens with zero attached hydrogens (tertiary/aromatic N) is 7. The number of carbonyl (C=O) groups is 11. The highest BCUT2D eigenvalue weighted by atomic mass is 16.5. The van der Waals surface area contributed by atoms with Crippen molar-refractivity contribution in [3.8, 4) is 0 Å². The summed E-state index contributed by atoms with van der Waals surface area (Å²) in [6.45, 7) is 3.47. The van der Waals surface area contributed by atoms with E-state index in [9.17, 15) is 73.2 Å². The summed E-state index contributed by atoms with van der Waals surface area (Å²) in [6.07, 6.45) is 0.190. The van der Waals surface area contributed by atoms with Gasteiger partial charge in [-0.15, -0.1) is 0 Å². The van der Waals surface area contributed by atoms with E-state index in [2.05, 4.69) is 9.47 Å². The molecule has 29 heteroatoms. The van der Waals surface area contributed by atoms with Gasteiger partial charge in [-0.25, -0.2) is 0 Å². The molecule has 2 atom stereocenters. The van der Waals surface area contributed by atoms with Gasteiger partial charge in [-0.1, -0.05) is 42.5 Å². The average Bonchev–Trinajstić information content (AvgIpc) is 3.24. The topological polar surface area (TPSA) is 411 Å². The summed E-state index contributed by atoms with van der Waals surface area (Å²) in [5.41, 5.74) is 0. The molecule has 2 unspecified atom stereocenters. The van der Waals surface area contributed by atoms with Gasteiger partial charge in [0.2, 0.25) is 0 Å². The highest BCUT2D eigenvalue weighted by Crippen LogP contribution is 2.13. The third kappa shape index (κ3) is 39.3. The van der Waals surface area contributed by atoms with Crippen molar-refractivity contribution in [1.82, 2.24) is 34.3 Å². The summed E-state index contributed by atoms with van der Waals surface area (Å²) in [4.78, 5) is 134. The molecule has 1 heterocycles. The predicted octanol–water partition coefficient (Wildman–Crippen LogP) is -1.95. The van der Waals surface area contributed by atoms with E-state index in [1.807, 2.05) is 27.7 Å². The van der Waals surface area contributed by atoms with Crippen LogP contribution >= 0.6 is 0 Å². The van der Waals surface area contributed by atoms with Gasteiger partial charge in [-0.3, -0.25) is 87.0 Å². The van der Waals surface area contributed by atoms with E-state index >= 15 is 0 Å². The lowest BCUT2D eigenvalue weighted by Crippen LogP contribution is -2.54. The Morgan fingerprint density at radius 3 is 1.20 bits per heavy atom. The van der Waals surface area contributed by atoms with Crippen molar-refractivity contribution in [3.05, 3.63) is 0 Å². The molecule has 414 valence electrons. The van der Waals surface area contributed by atoms with E-state index in [1.54, 1.807) is 19.6 Å². The van der Waals surface area contributed by atoms with Gasteiger partial charge in [0.05, 0.1) is 73.1 Å². The Morgan fingerprint density at radius 2 is 0.831 bits per heavy atom. The zero-order valence-electron chi connectivity index (χ0n) is 40.0. The van der Waals surface area contributed by atoms with Gasteiger partial charge in [-0.2, -0.15) is 0 Å². The number of ether oxygens (including phenoxy) is 2. The van der Waals surface area contributed by atoms with E-state index in [0.717, 1.165) is 21.8 Å². The maximum Gasteiger partial charge on any atom is 0.324 e. The van der Waals surface area contributed by atoms with Crippen LogP contribution in [0.15, 0.2) is 0 Å². The number of hydrogen-bond acceptors (Lipinski definition) is 20. The van der Waals surface area contributed by atoms with Gasteiger partial charge in [0.25, 0.3) is 0 Å². The summed E-state index contributed by atoms with van der Waals surface area (Å²) in [5, 5.41) is 82.1. The van der Waals surface area contributed by atoms with Crippen LogP contribution in [0.3, 0.4) is 0 Å². The maximum absolute atomic E-state index is 12.2. The lowest BCUT2D eigenvalue weighted by molar-refractivity contribution is -0.154. The summed E-state index contributed by atoms with van der Waals surface area (Å²) < 4.78 is 9.27. The Kier molecular flexibility index (Phi) is 44.5. The molecule has 1 aliphatic rings. The number of carboxylic acid groups (broad SMARTS) is 9. The van der Waals surface area contributed by atoms with Crippen molar-refractivity contribution in [2.45, 2.75) is 67.5 Å². The van der Waals surface area contributed by atoms with E-state index < -0.39 is 117 Å². The van der Waals surface area contributed by atoms with Crippen LogP contribution in [-0.2, 0) is 62.2 Å². The lowest BCUT2D eigenvalue weighted by Gasteiger charge is -2.37. The van der Waals surface area contributed by atoms with Crippen LogP contribution in [0, 0.1) is 0 Å². The lowest BCUT2D eigenvalue weighted by atomic mass is 10.1. The third-order valence-electron chi connectivity index (χ3n) is 9.31. The van der Waals surface area contributed by atoms with Crippen LogP contribution in [0.5, 0.6) is 0 Å². The van der Waals surface area contributed by atoms with E-state index in [1.165, 1.54) is 7.11 Å². The first-order valence-electron chi connectivity index (χ1n) is 21.6. The van der Waals surface area contributed by atoms with Crippen LogP contribution in [0.1, 0.15) is 55.4 Å². The van der Waals surface area contributed by atoms with Gasteiger partial charge in [-0.05, 0) is 6.42 Å². The molecule has 1 fully saturated rings. The van der Waals surface area contributed by atoms with E-state index in [4.69, 9.17) is 25.5 Å². The van der Waals surface area contributed by atoms with Crippen molar-refractivity contribution >= 4 is 65.7 Å². The van der Waals surface area contributed by atoms with Crippen LogP contribution in [0.4, 0.5) is 0 Å². The Balaban J connectivity index is -0.000000374. The number of carbonyl (C=O) groups excluding carboxylic acids is 2. The summed E-state index contributed by atoms with van der Waals surface area (Å²) in [6, 6.07) is -2.00. The fourth-order valence-corrected chi connectivity index (χ4v) is 6.47. The van der Waals surface area contributed by atoms with Crippen molar-refractivity contribution in [3.63, 3.8) is 0 Å². The van der Waals surface area contributed by atoms with Crippen molar-refractivity contribution in [2.24, 2.45) is 0 Å². The molecule has 29 nitrogen and oxygen atoms in total. The molecule has 0 radical (unpaired) electrons. The van der Waals surface area contributed by atoms with Crippen molar-refractivity contribution in [1.29, 1.82) is 0 Å². The highest BCUT2D eigenvalue weighted by Gasteiger charge is 2.33. The second-order valence-electron chi connectivity index (χ2n) is 14.5. The second kappa shape index (κ2) is 42.7. The molecule has 1 saturated heterocycles. The Bertz CT molecular complexity index is 1610. The van der Waals surface area contributed by atoms with Gasteiger partial charge in [0, 0.05) is 77.9 Å². The van der Waals surface area contributed by atoms with Crippen LogP contribution in [0.25, 0.3) is 0 Å². The molecule has 0 aliphatic carbocycles. The minimum Gasteiger partial charge on any atom is -0.480 e. The Morgan fingerprint density at radius 1 is 0.479 bits per heavy atom. The molecule has 0 aromatic carbocycles. The van der Waals surface area contributed by atoms with Crippen molar-refractivity contribution in [2.75, 3.05) is 139 Å². The summed E-state index contributed by atoms with van der Waals surface area (Å²) in [7, 11) is 2.22. The van der Waals surface area contributed by atoms with Gasteiger partial charge in [0.1, 0.15) is 6.04 Å². The molecule has 71 heavy (non-hydrogen) atoms. The smallest absolute Gasteiger partial charge is 0.324 e. The number of rotatable bonds is 28. The minimum absolute atomic E-state index is 0. The summed E-state index contributed by atoms with van der Waals surface area (Å²) in [5.74, 6) is -12.7. The zero-order chi connectivity index (χ0) is 53.8. The fraction of sp³-hybridized carbons (Fsp3) is 0.738. The molecule has 0 aromatic rings. The van der Waals surface area contributed by atoms with Gasteiger partial charge in [0.15, 0.2) is 0 Å². The number of aliphatic carboxylic acids is 9. The van der Waals surface area contributed by atoms with E-state index in [0.29, 0.717) is 0 Å². The predicted molar refractivity (Wildman–Crippen MR) is 251 cm³/mol. The molecule has 1 aliphatic heterocycles. The number of methoxy groups -OCH3 is 2. The second-order valence-corrected chi connectivity index (χ2v) is 14.5. The molecule has 1 rings (SSSR count). The van der Waals surface area contributed by atoms with Gasteiger partial charge >= 0.3 is 65.7 Å². The van der Waals surface area contributed by atoms with Crippen LogP contribution in [-0.4, -0.2) is 297 Å².